The van der Waals surface area contributed by atoms with Crippen LogP contribution >= 0.6 is 0 Å². The molecule has 3 heteroatoms. The van der Waals surface area contributed by atoms with Crippen molar-refractivity contribution >= 4 is 5.69 Å². The Kier molecular flexibility index (Phi) is 2.94. The summed E-state index contributed by atoms with van der Waals surface area (Å²) in [7, 11) is 3.97. The standard InChI is InChI=1S/C15H22N2O/c1-10-6-12(18-3)7-13-14-8-16-5-4-11(14)9-17(2)15(10)13/h6-7,11,14,16H,4-5,8-9H2,1-3H3. The van der Waals surface area contributed by atoms with E-state index in [2.05, 4.69) is 36.3 Å². The minimum absolute atomic E-state index is 0.652. The fourth-order valence-corrected chi connectivity index (χ4v) is 3.63. The Labute approximate surface area is 109 Å². The van der Waals surface area contributed by atoms with Crippen molar-refractivity contribution in [3.63, 3.8) is 0 Å². The molecule has 1 fully saturated rings. The second kappa shape index (κ2) is 4.47. The van der Waals surface area contributed by atoms with Crippen LogP contribution in [-0.4, -0.2) is 33.8 Å². The summed E-state index contributed by atoms with van der Waals surface area (Å²) in [4.78, 5) is 2.43. The summed E-state index contributed by atoms with van der Waals surface area (Å²) in [6.45, 7) is 5.65. The van der Waals surface area contributed by atoms with Crippen LogP contribution in [0.3, 0.4) is 0 Å². The molecule has 0 amide bonds. The smallest absolute Gasteiger partial charge is 0.119 e. The lowest BCUT2D eigenvalue weighted by atomic mass is 9.77. The number of ether oxygens (including phenoxy) is 1. The average molecular weight is 246 g/mol. The van der Waals surface area contributed by atoms with E-state index >= 15 is 0 Å². The fraction of sp³-hybridized carbons (Fsp3) is 0.600. The Morgan fingerprint density at radius 3 is 3.00 bits per heavy atom. The third-order valence-electron chi connectivity index (χ3n) is 4.45. The van der Waals surface area contributed by atoms with Crippen LogP contribution in [0.1, 0.15) is 23.5 Å². The van der Waals surface area contributed by atoms with E-state index in [1.807, 2.05) is 0 Å². The Balaban J connectivity index is 2.10. The number of nitrogens with one attached hydrogen (secondary N) is 1. The minimum atomic E-state index is 0.652. The maximum absolute atomic E-state index is 5.44. The van der Waals surface area contributed by atoms with Crippen molar-refractivity contribution < 1.29 is 4.74 Å². The van der Waals surface area contributed by atoms with Crippen LogP contribution in [0.25, 0.3) is 0 Å². The molecule has 0 bridgehead atoms. The van der Waals surface area contributed by atoms with Crippen molar-refractivity contribution in [3.8, 4) is 5.75 Å². The summed E-state index contributed by atoms with van der Waals surface area (Å²) >= 11 is 0. The molecule has 0 radical (unpaired) electrons. The molecule has 2 aliphatic rings. The maximum Gasteiger partial charge on any atom is 0.119 e. The number of fused-ring (bicyclic) bond motifs is 3. The van der Waals surface area contributed by atoms with Crippen LogP contribution in [0.4, 0.5) is 5.69 Å². The normalized spacial score (nSPS) is 26.5. The topological polar surface area (TPSA) is 24.5 Å². The fourth-order valence-electron chi connectivity index (χ4n) is 3.63. The molecule has 2 heterocycles. The first-order chi connectivity index (χ1) is 8.70. The van der Waals surface area contributed by atoms with Gasteiger partial charge in [0.1, 0.15) is 5.75 Å². The van der Waals surface area contributed by atoms with Gasteiger partial charge >= 0.3 is 0 Å². The number of rotatable bonds is 1. The molecule has 2 aliphatic heterocycles. The number of anilines is 1. The maximum atomic E-state index is 5.44. The van der Waals surface area contributed by atoms with Crippen LogP contribution in [0.5, 0.6) is 5.75 Å². The first kappa shape index (κ1) is 11.8. The van der Waals surface area contributed by atoms with Crippen molar-refractivity contribution in [2.24, 2.45) is 5.92 Å². The second-order valence-corrected chi connectivity index (χ2v) is 5.62. The first-order valence-electron chi connectivity index (χ1n) is 6.81. The van der Waals surface area contributed by atoms with Gasteiger partial charge in [-0.15, -0.1) is 0 Å². The molecule has 3 nitrogen and oxygen atoms in total. The molecule has 0 aromatic heterocycles. The van der Waals surface area contributed by atoms with Gasteiger partial charge in [-0.05, 0) is 49.1 Å². The van der Waals surface area contributed by atoms with Gasteiger partial charge in [0.05, 0.1) is 7.11 Å². The van der Waals surface area contributed by atoms with Crippen LogP contribution in [0.2, 0.25) is 0 Å². The SMILES string of the molecule is COc1cc(C)c2c(c1)C1CNCCC1CN2C. The van der Waals surface area contributed by atoms with E-state index in [-0.39, 0.29) is 0 Å². The molecule has 0 aliphatic carbocycles. The number of nitrogens with zero attached hydrogens (tertiary/aromatic N) is 1. The van der Waals surface area contributed by atoms with Crippen molar-refractivity contribution in [2.45, 2.75) is 19.3 Å². The molecule has 18 heavy (non-hydrogen) atoms. The predicted molar refractivity (Wildman–Crippen MR) is 74.7 cm³/mol. The molecule has 3 rings (SSSR count). The first-order valence-corrected chi connectivity index (χ1v) is 6.81. The van der Waals surface area contributed by atoms with E-state index in [4.69, 9.17) is 4.74 Å². The second-order valence-electron chi connectivity index (χ2n) is 5.62. The monoisotopic (exact) mass is 246 g/mol. The molecule has 2 atom stereocenters. The molecule has 0 spiro atoms. The number of piperidine rings is 1. The third kappa shape index (κ3) is 1.77. The van der Waals surface area contributed by atoms with Crippen LogP contribution in [0.15, 0.2) is 12.1 Å². The van der Waals surface area contributed by atoms with Crippen molar-refractivity contribution in [1.29, 1.82) is 0 Å². The minimum Gasteiger partial charge on any atom is -0.497 e. The van der Waals surface area contributed by atoms with Gasteiger partial charge in [-0.25, -0.2) is 0 Å². The zero-order valence-electron chi connectivity index (χ0n) is 11.5. The number of hydrogen-bond acceptors (Lipinski definition) is 3. The van der Waals surface area contributed by atoms with Crippen molar-refractivity contribution in [3.05, 3.63) is 23.3 Å². The van der Waals surface area contributed by atoms with Crippen LogP contribution in [0, 0.1) is 12.8 Å². The lowest BCUT2D eigenvalue weighted by Gasteiger charge is -2.43. The third-order valence-corrected chi connectivity index (χ3v) is 4.45. The zero-order valence-corrected chi connectivity index (χ0v) is 11.5. The van der Waals surface area contributed by atoms with E-state index < -0.39 is 0 Å². The Morgan fingerprint density at radius 2 is 2.22 bits per heavy atom. The average Bonchev–Trinajstić information content (AvgIpc) is 2.38. The van der Waals surface area contributed by atoms with Crippen LogP contribution < -0.4 is 15.0 Å². The molecular formula is C15H22N2O. The summed E-state index contributed by atoms with van der Waals surface area (Å²) in [6.07, 6.45) is 1.28. The van der Waals surface area contributed by atoms with Gasteiger partial charge in [-0.3, -0.25) is 0 Å². The summed E-state index contributed by atoms with van der Waals surface area (Å²) in [5.41, 5.74) is 4.22. The largest absolute Gasteiger partial charge is 0.497 e. The molecule has 1 N–H and O–H groups in total. The molecule has 2 unspecified atom stereocenters. The molecule has 1 saturated heterocycles. The molecular weight excluding hydrogens is 224 g/mol. The number of aryl methyl sites for hydroxylation is 1. The van der Waals surface area contributed by atoms with Gasteiger partial charge < -0.3 is 15.0 Å². The van der Waals surface area contributed by atoms with E-state index in [1.165, 1.54) is 29.8 Å². The molecule has 0 saturated carbocycles. The number of benzene rings is 1. The molecule has 1 aromatic carbocycles. The summed E-state index contributed by atoms with van der Waals surface area (Å²) in [5, 5.41) is 3.54. The quantitative estimate of drug-likeness (QED) is 0.821. The molecule has 1 aromatic rings. The highest BCUT2D eigenvalue weighted by Crippen LogP contribution is 2.43. The Morgan fingerprint density at radius 1 is 1.39 bits per heavy atom. The van der Waals surface area contributed by atoms with Gasteiger partial charge in [-0.1, -0.05) is 0 Å². The van der Waals surface area contributed by atoms with Crippen molar-refractivity contribution in [2.75, 3.05) is 38.7 Å². The van der Waals surface area contributed by atoms with Gasteiger partial charge in [-0.2, -0.15) is 0 Å². The highest BCUT2D eigenvalue weighted by molar-refractivity contribution is 5.64. The molecule has 98 valence electrons. The van der Waals surface area contributed by atoms with Gasteiger partial charge in [0.25, 0.3) is 0 Å². The van der Waals surface area contributed by atoms with E-state index in [0.29, 0.717) is 5.92 Å². The summed E-state index contributed by atoms with van der Waals surface area (Å²) in [6, 6.07) is 4.38. The lowest BCUT2D eigenvalue weighted by molar-refractivity contribution is 0.315. The van der Waals surface area contributed by atoms with Crippen molar-refractivity contribution in [1.82, 2.24) is 5.32 Å². The van der Waals surface area contributed by atoms with E-state index in [0.717, 1.165) is 24.8 Å². The Bertz CT molecular complexity index is 458. The van der Waals surface area contributed by atoms with Gasteiger partial charge in [0, 0.05) is 31.7 Å². The summed E-state index contributed by atoms with van der Waals surface area (Å²) < 4.78 is 5.44. The van der Waals surface area contributed by atoms with Gasteiger partial charge in [0.15, 0.2) is 0 Å². The highest BCUT2D eigenvalue weighted by Gasteiger charge is 2.34. The predicted octanol–water partition coefficient (Wildman–Crippen LogP) is 2.15. The van der Waals surface area contributed by atoms with Gasteiger partial charge in [0.2, 0.25) is 0 Å². The van der Waals surface area contributed by atoms with Crippen LogP contribution in [-0.2, 0) is 0 Å². The lowest BCUT2D eigenvalue weighted by Crippen LogP contribution is -2.44. The zero-order chi connectivity index (χ0) is 12.7. The van der Waals surface area contributed by atoms with E-state index in [9.17, 15) is 0 Å². The Hall–Kier alpha value is -1.22. The number of hydrogen-bond donors (Lipinski definition) is 1. The highest BCUT2D eigenvalue weighted by atomic mass is 16.5. The summed E-state index contributed by atoms with van der Waals surface area (Å²) in [5.74, 6) is 2.43. The number of methoxy groups -OCH3 is 1. The van der Waals surface area contributed by atoms with E-state index in [1.54, 1.807) is 7.11 Å².